The Bertz CT molecular complexity index is 456. The SMILES string of the molecule is CCNc1nc(C2(C)CCCO2)nc(C(C)C)c1I. The van der Waals surface area contributed by atoms with Crippen molar-refractivity contribution in [3.8, 4) is 0 Å². The zero-order valence-corrected chi connectivity index (χ0v) is 14.2. The smallest absolute Gasteiger partial charge is 0.162 e. The molecule has 0 spiro atoms. The van der Waals surface area contributed by atoms with Crippen LogP contribution in [0.3, 0.4) is 0 Å². The highest BCUT2D eigenvalue weighted by molar-refractivity contribution is 14.1. The third kappa shape index (κ3) is 3.02. The van der Waals surface area contributed by atoms with Crippen molar-refractivity contribution >= 4 is 28.4 Å². The van der Waals surface area contributed by atoms with Gasteiger partial charge in [0, 0.05) is 13.2 Å². The molecule has 0 amide bonds. The van der Waals surface area contributed by atoms with E-state index in [-0.39, 0.29) is 5.60 Å². The average Bonchev–Trinajstić information content (AvgIpc) is 2.80. The van der Waals surface area contributed by atoms with Gasteiger partial charge in [-0.3, -0.25) is 0 Å². The van der Waals surface area contributed by atoms with E-state index in [1.165, 1.54) is 0 Å². The molecule has 1 aliphatic heterocycles. The van der Waals surface area contributed by atoms with Gasteiger partial charge >= 0.3 is 0 Å². The first kappa shape index (κ1) is 15.0. The van der Waals surface area contributed by atoms with Crippen molar-refractivity contribution in [2.24, 2.45) is 0 Å². The molecule has 19 heavy (non-hydrogen) atoms. The van der Waals surface area contributed by atoms with Crippen LogP contribution in [0, 0.1) is 3.57 Å². The van der Waals surface area contributed by atoms with Gasteiger partial charge in [-0.2, -0.15) is 0 Å². The van der Waals surface area contributed by atoms with Crippen LogP contribution in [0.2, 0.25) is 0 Å². The first-order valence-corrected chi connectivity index (χ1v) is 8.01. The zero-order valence-electron chi connectivity index (χ0n) is 12.1. The highest BCUT2D eigenvalue weighted by Gasteiger charge is 2.36. The fraction of sp³-hybridized carbons (Fsp3) is 0.714. The van der Waals surface area contributed by atoms with Crippen LogP contribution >= 0.6 is 22.6 Å². The molecule has 2 rings (SSSR count). The van der Waals surface area contributed by atoms with Gasteiger partial charge in [-0.1, -0.05) is 13.8 Å². The van der Waals surface area contributed by atoms with Gasteiger partial charge in [0.1, 0.15) is 11.4 Å². The molecule has 106 valence electrons. The minimum Gasteiger partial charge on any atom is -0.369 e. The van der Waals surface area contributed by atoms with E-state index in [0.29, 0.717) is 5.92 Å². The summed E-state index contributed by atoms with van der Waals surface area (Å²) in [7, 11) is 0. The molecule has 4 nitrogen and oxygen atoms in total. The molecule has 2 heterocycles. The van der Waals surface area contributed by atoms with E-state index in [2.05, 4.69) is 55.6 Å². The van der Waals surface area contributed by atoms with Crippen LogP contribution in [0.15, 0.2) is 0 Å². The fourth-order valence-corrected chi connectivity index (χ4v) is 3.38. The molecule has 0 saturated carbocycles. The summed E-state index contributed by atoms with van der Waals surface area (Å²) in [6.07, 6.45) is 2.08. The molecule has 0 bridgehead atoms. The molecular weight excluding hydrogens is 353 g/mol. The largest absolute Gasteiger partial charge is 0.369 e. The molecular formula is C14H22IN3O. The lowest BCUT2D eigenvalue weighted by Gasteiger charge is -2.24. The lowest BCUT2D eigenvalue weighted by molar-refractivity contribution is 0.00919. The van der Waals surface area contributed by atoms with Gasteiger partial charge in [0.15, 0.2) is 5.82 Å². The molecule has 1 atom stereocenters. The number of aromatic nitrogens is 2. The van der Waals surface area contributed by atoms with Crippen LogP contribution in [0.1, 0.15) is 58.0 Å². The maximum absolute atomic E-state index is 5.88. The van der Waals surface area contributed by atoms with Crippen molar-refractivity contribution in [2.45, 2.75) is 52.1 Å². The van der Waals surface area contributed by atoms with Crippen LogP contribution in [0.4, 0.5) is 5.82 Å². The molecule has 1 saturated heterocycles. The highest BCUT2D eigenvalue weighted by Crippen LogP contribution is 2.36. The predicted octanol–water partition coefficient (Wildman–Crippen LogP) is 3.66. The molecule has 0 aromatic carbocycles. The summed E-state index contributed by atoms with van der Waals surface area (Å²) >= 11 is 2.34. The number of halogens is 1. The number of anilines is 1. The maximum Gasteiger partial charge on any atom is 0.162 e. The summed E-state index contributed by atoms with van der Waals surface area (Å²) < 4.78 is 7.00. The number of hydrogen-bond acceptors (Lipinski definition) is 4. The van der Waals surface area contributed by atoms with E-state index >= 15 is 0 Å². The third-order valence-electron chi connectivity index (χ3n) is 3.46. The fourth-order valence-electron chi connectivity index (χ4n) is 2.32. The number of nitrogens with zero attached hydrogens (tertiary/aromatic N) is 2. The van der Waals surface area contributed by atoms with Crippen LogP contribution < -0.4 is 5.32 Å². The van der Waals surface area contributed by atoms with Gasteiger partial charge < -0.3 is 10.1 Å². The van der Waals surface area contributed by atoms with Crippen LogP contribution in [-0.4, -0.2) is 23.1 Å². The molecule has 1 fully saturated rings. The van der Waals surface area contributed by atoms with E-state index in [4.69, 9.17) is 14.7 Å². The quantitative estimate of drug-likeness (QED) is 0.816. The van der Waals surface area contributed by atoms with Crippen molar-refractivity contribution in [2.75, 3.05) is 18.5 Å². The summed E-state index contributed by atoms with van der Waals surface area (Å²) in [5.41, 5.74) is 0.788. The lowest BCUT2D eigenvalue weighted by Crippen LogP contribution is -2.25. The first-order chi connectivity index (χ1) is 8.98. The van der Waals surface area contributed by atoms with Gasteiger partial charge in [-0.25, -0.2) is 9.97 Å². The normalized spacial score (nSPS) is 23.1. The summed E-state index contributed by atoms with van der Waals surface area (Å²) in [6, 6.07) is 0. The summed E-state index contributed by atoms with van der Waals surface area (Å²) in [5, 5.41) is 3.34. The van der Waals surface area contributed by atoms with Gasteiger partial charge in [0.05, 0.1) is 9.26 Å². The molecule has 1 unspecified atom stereocenters. The van der Waals surface area contributed by atoms with E-state index < -0.39 is 0 Å². The van der Waals surface area contributed by atoms with Crippen molar-refractivity contribution in [3.63, 3.8) is 0 Å². The van der Waals surface area contributed by atoms with E-state index in [9.17, 15) is 0 Å². The second-order valence-corrected chi connectivity index (χ2v) is 6.54. The molecule has 1 aromatic heterocycles. The Hall–Kier alpha value is -0.430. The third-order valence-corrected chi connectivity index (χ3v) is 4.52. The molecule has 1 aliphatic rings. The van der Waals surface area contributed by atoms with E-state index in [1.54, 1.807) is 0 Å². The Kier molecular flexibility index (Phi) is 4.66. The molecule has 1 N–H and O–H groups in total. The number of rotatable bonds is 4. The van der Waals surface area contributed by atoms with Crippen LogP contribution in [0.5, 0.6) is 0 Å². The summed E-state index contributed by atoms with van der Waals surface area (Å²) in [4.78, 5) is 9.49. The van der Waals surface area contributed by atoms with Gasteiger partial charge in [-0.15, -0.1) is 0 Å². The second kappa shape index (κ2) is 5.91. The number of nitrogens with one attached hydrogen (secondary N) is 1. The van der Waals surface area contributed by atoms with E-state index in [1.807, 2.05) is 0 Å². The Balaban J connectivity index is 2.49. The predicted molar refractivity (Wildman–Crippen MR) is 85.5 cm³/mol. The summed E-state index contributed by atoms with van der Waals surface area (Å²) in [5.74, 6) is 2.15. The number of hydrogen-bond donors (Lipinski definition) is 1. The minimum atomic E-state index is -0.321. The molecule has 1 aromatic rings. The van der Waals surface area contributed by atoms with Gasteiger partial charge in [-0.05, 0) is 55.2 Å². The average molecular weight is 375 g/mol. The Morgan fingerprint density at radius 2 is 2.16 bits per heavy atom. The topological polar surface area (TPSA) is 47.0 Å². The Morgan fingerprint density at radius 1 is 1.42 bits per heavy atom. The van der Waals surface area contributed by atoms with Crippen LogP contribution in [0.25, 0.3) is 0 Å². The van der Waals surface area contributed by atoms with Crippen LogP contribution in [-0.2, 0) is 10.3 Å². The summed E-state index contributed by atoms with van der Waals surface area (Å²) in [6.45, 7) is 10.2. The molecule has 0 aliphatic carbocycles. The second-order valence-electron chi connectivity index (χ2n) is 5.46. The maximum atomic E-state index is 5.88. The standard InChI is InChI=1S/C14H22IN3O/c1-5-16-12-10(15)11(9(2)3)17-13(18-12)14(4)7-6-8-19-14/h9H,5-8H2,1-4H3,(H,16,17,18). The van der Waals surface area contributed by atoms with Crippen molar-refractivity contribution in [1.29, 1.82) is 0 Å². The number of ether oxygens (including phenoxy) is 1. The lowest BCUT2D eigenvalue weighted by atomic mass is 10.0. The van der Waals surface area contributed by atoms with Crippen molar-refractivity contribution in [3.05, 3.63) is 15.1 Å². The van der Waals surface area contributed by atoms with E-state index in [0.717, 1.165) is 46.9 Å². The molecule has 0 radical (unpaired) electrons. The minimum absolute atomic E-state index is 0.321. The van der Waals surface area contributed by atoms with Gasteiger partial charge in [0.2, 0.25) is 0 Å². The monoisotopic (exact) mass is 375 g/mol. The highest BCUT2D eigenvalue weighted by atomic mass is 127. The first-order valence-electron chi connectivity index (χ1n) is 6.93. The van der Waals surface area contributed by atoms with Crippen molar-refractivity contribution < 1.29 is 4.74 Å². The zero-order chi connectivity index (χ0) is 14.0. The molecule has 5 heteroatoms. The van der Waals surface area contributed by atoms with Gasteiger partial charge in [0.25, 0.3) is 0 Å². The Morgan fingerprint density at radius 3 is 2.68 bits per heavy atom. The Labute approximate surface area is 128 Å². The van der Waals surface area contributed by atoms with Crippen molar-refractivity contribution in [1.82, 2.24) is 9.97 Å².